The molecule has 0 saturated carbocycles. The van der Waals surface area contributed by atoms with Gasteiger partial charge in [-0.25, -0.2) is 19.5 Å². The average molecular weight is 505 g/mol. The standard InChI is InChI=1S/C23H28N4O7S/c1-5-13(2)18(19(28)26-22-24-16(12-35-22)21(30)33-4)27-20(29)17(25-23(27)31)14-6-8-15(9-7-14)34-11-10-32-3/h6-9,12-13,17-18H,5,10-11H2,1-4H3,(H,25,31)(H,24,26,28)/t13-,17+,18-/m0/s1. The zero-order chi connectivity index (χ0) is 25.5. The van der Waals surface area contributed by atoms with E-state index >= 15 is 0 Å². The van der Waals surface area contributed by atoms with E-state index in [1.807, 2.05) is 6.92 Å². The summed E-state index contributed by atoms with van der Waals surface area (Å²) < 4.78 is 15.1. The Kier molecular flexibility index (Phi) is 8.77. The molecule has 1 aromatic heterocycles. The van der Waals surface area contributed by atoms with Gasteiger partial charge in [0, 0.05) is 12.5 Å². The molecule has 1 saturated heterocycles. The molecule has 2 aromatic rings. The minimum absolute atomic E-state index is 0.0533. The van der Waals surface area contributed by atoms with E-state index in [-0.39, 0.29) is 16.7 Å². The second-order valence-electron chi connectivity index (χ2n) is 7.85. The minimum Gasteiger partial charge on any atom is -0.491 e. The number of nitrogens with zero attached hydrogens (tertiary/aromatic N) is 2. The molecule has 35 heavy (non-hydrogen) atoms. The molecule has 11 nitrogen and oxygen atoms in total. The lowest BCUT2D eigenvalue weighted by Gasteiger charge is -2.28. The maximum absolute atomic E-state index is 13.3. The van der Waals surface area contributed by atoms with E-state index in [0.29, 0.717) is 30.9 Å². The first kappa shape index (κ1) is 26.1. The van der Waals surface area contributed by atoms with Gasteiger partial charge in [-0.15, -0.1) is 11.3 Å². The van der Waals surface area contributed by atoms with Crippen molar-refractivity contribution >= 4 is 40.3 Å². The molecule has 1 aliphatic heterocycles. The summed E-state index contributed by atoms with van der Waals surface area (Å²) in [5, 5.41) is 6.90. The first-order chi connectivity index (χ1) is 16.8. The van der Waals surface area contributed by atoms with Gasteiger partial charge in [-0.3, -0.25) is 9.59 Å². The number of anilines is 1. The van der Waals surface area contributed by atoms with Crippen LogP contribution in [0.25, 0.3) is 0 Å². The zero-order valence-electron chi connectivity index (χ0n) is 19.9. The predicted molar refractivity (Wildman–Crippen MR) is 127 cm³/mol. The number of nitrogens with one attached hydrogen (secondary N) is 2. The van der Waals surface area contributed by atoms with Gasteiger partial charge in [0.1, 0.15) is 24.4 Å². The Hall–Kier alpha value is -3.51. The van der Waals surface area contributed by atoms with Crippen LogP contribution >= 0.6 is 11.3 Å². The molecule has 1 aromatic carbocycles. The van der Waals surface area contributed by atoms with Crippen molar-refractivity contribution in [1.82, 2.24) is 15.2 Å². The number of imide groups is 1. The van der Waals surface area contributed by atoms with Crippen LogP contribution in [0.5, 0.6) is 5.75 Å². The van der Waals surface area contributed by atoms with E-state index < -0.39 is 35.9 Å². The Bertz CT molecular complexity index is 1070. The molecular formula is C23H28N4O7S. The highest BCUT2D eigenvalue weighted by atomic mass is 32.1. The smallest absolute Gasteiger partial charge is 0.357 e. The number of carbonyl (C=O) groups is 4. The summed E-state index contributed by atoms with van der Waals surface area (Å²) in [5.41, 5.74) is 0.619. The van der Waals surface area contributed by atoms with Crippen LogP contribution in [0, 0.1) is 5.92 Å². The van der Waals surface area contributed by atoms with Crippen molar-refractivity contribution in [3.63, 3.8) is 0 Å². The second-order valence-corrected chi connectivity index (χ2v) is 8.71. The number of rotatable bonds is 11. The molecule has 1 aliphatic rings. The summed E-state index contributed by atoms with van der Waals surface area (Å²) >= 11 is 1.04. The first-order valence-electron chi connectivity index (χ1n) is 11.0. The number of amides is 4. The van der Waals surface area contributed by atoms with Crippen molar-refractivity contribution in [1.29, 1.82) is 0 Å². The third-order valence-corrected chi connectivity index (χ3v) is 6.36. The molecule has 1 fully saturated rings. The Balaban J connectivity index is 1.77. The summed E-state index contributed by atoms with van der Waals surface area (Å²) in [6, 6.07) is 4.13. The van der Waals surface area contributed by atoms with E-state index in [1.54, 1.807) is 38.3 Å². The number of methoxy groups -OCH3 is 2. The van der Waals surface area contributed by atoms with Gasteiger partial charge in [-0.2, -0.15) is 0 Å². The highest BCUT2D eigenvalue weighted by Gasteiger charge is 2.47. The van der Waals surface area contributed by atoms with Crippen LogP contribution < -0.4 is 15.4 Å². The zero-order valence-corrected chi connectivity index (χ0v) is 20.7. The van der Waals surface area contributed by atoms with Crippen LogP contribution in [0.2, 0.25) is 0 Å². The monoisotopic (exact) mass is 504 g/mol. The molecule has 3 rings (SSSR count). The molecule has 0 unspecified atom stereocenters. The average Bonchev–Trinajstić information content (AvgIpc) is 3.44. The lowest BCUT2D eigenvalue weighted by Crippen LogP contribution is -2.51. The topological polar surface area (TPSA) is 136 Å². The van der Waals surface area contributed by atoms with Crippen molar-refractivity contribution in [2.75, 3.05) is 32.8 Å². The van der Waals surface area contributed by atoms with E-state index in [4.69, 9.17) is 9.47 Å². The largest absolute Gasteiger partial charge is 0.491 e. The molecule has 2 heterocycles. The number of thiazole rings is 1. The number of hydrogen-bond donors (Lipinski definition) is 2. The third-order valence-electron chi connectivity index (χ3n) is 5.60. The van der Waals surface area contributed by atoms with Gasteiger partial charge in [0.15, 0.2) is 10.8 Å². The highest BCUT2D eigenvalue weighted by molar-refractivity contribution is 7.14. The van der Waals surface area contributed by atoms with E-state index in [1.165, 1.54) is 12.5 Å². The third kappa shape index (κ3) is 5.95. The molecule has 2 N–H and O–H groups in total. The summed E-state index contributed by atoms with van der Waals surface area (Å²) in [6.45, 7) is 4.47. The molecule has 0 spiro atoms. The number of urea groups is 1. The fourth-order valence-corrected chi connectivity index (χ4v) is 4.23. The van der Waals surface area contributed by atoms with Gasteiger partial charge in [0.05, 0.1) is 13.7 Å². The number of hydrogen-bond acceptors (Lipinski definition) is 9. The van der Waals surface area contributed by atoms with Crippen LogP contribution in [0.4, 0.5) is 9.93 Å². The first-order valence-corrected chi connectivity index (χ1v) is 11.9. The van der Waals surface area contributed by atoms with Gasteiger partial charge < -0.3 is 24.8 Å². The Morgan fingerprint density at radius 2 is 1.91 bits per heavy atom. The number of aromatic nitrogens is 1. The van der Waals surface area contributed by atoms with Crippen LogP contribution in [0.3, 0.4) is 0 Å². The van der Waals surface area contributed by atoms with Crippen molar-refractivity contribution in [3.8, 4) is 5.75 Å². The Labute approximate surface area is 206 Å². The van der Waals surface area contributed by atoms with Crippen LogP contribution in [0.15, 0.2) is 29.6 Å². The fourth-order valence-electron chi connectivity index (χ4n) is 3.54. The van der Waals surface area contributed by atoms with Gasteiger partial charge >= 0.3 is 12.0 Å². The molecular weight excluding hydrogens is 476 g/mol. The molecule has 12 heteroatoms. The van der Waals surface area contributed by atoms with Gasteiger partial charge in [0.2, 0.25) is 5.91 Å². The van der Waals surface area contributed by atoms with Crippen LogP contribution in [-0.2, 0) is 19.1 Å². The van der Waals surface area contributed by atoms with E-state index in [9.17, 15) is 19.2 Å². The molecule has 4 amide bonds. The summed E-state index contributed by atoms with van der Waals surface area (Å²) in [4.78, 5) is 56.0. The predicted octanol–water partition coefficient (Wildman–Crippen LogP) is 2.60. The minimum atomic E-state index is -1.07. The van der Waals surface area contributed by atoms with E-state index in [2.05, 4.69) is 20.4 Å². The quantitative estimate of drug-likeness (QED) is 0.271. The van der Waals surface area contributed by atoms with Crippen LogP contribution in [-0.4, -0.2) is 67.2 Å². The molecule has 0 bridgehead atoms. The number of ether oxygens (including phenoxy) is 3. The van der Waals surface area contributed by atoms with E-state index in [0.717, 1.165) is 16.2 Å². The maximum atomic E-state index is 13.3. The maximum Gasteiger partial charge on any atom is 0.357 e. The molecule has 0 aliphatic carbocycles. The summed E-state index contributed by atoms with van der Waals surface area (Å²) in [5.74, 6) is -1.47. The van der Waals surface area contributed by atoms with Crippen molar-refractivity contribution < 1.29 is 33.4 Å². The number of esters is 1. The van der Waals surface area contributed by atoms with Crippen molar-refractivity contribution in [2.45, 2.75) is 32.4 Å². The molecule has 188 valence electrons. The summed E-state index contributed by atoms with van der Waals surface area (Å²) in [7, 11) is 2.81. The number of carbonyl (C=O) groups excluding carboxylic acids is 4. The van der Waals surface area contributed by atoms with Gasteiger partial charge in [0.25, 0.3) is 5.91 Å². The van der Waals surface area contributed by atoms with Crippen LogP contribution in [0.1, 0.15) is 42.4 Å². The van der Waals surface area contributed by atoms with Crippen molar-refractivity contribution in [2.24, 2.45) is 5.92 Å². The molecule has 3 atom stereocenters. The normalized spacial score (nSPS) is 17.0. The van der Waals surface area contributed by atoms with Gasteiger partial charge in [-0.1, -0.05) is 32.4 Å². The number of benzene rings is 1. The van der Waals surface area contributed by atoms with Crippen molar-refractivity contribution in [3.05, 3.63) is 40.9 Å². The Morgan fingerprint density at radius 1 is 1.20 bits per heavy atom. The Morgan fingerprint density at radius 3 is 2.54 bits per heavy atom. The second kappa shape index (κ2) is 11.8. The lowest BCUT2D eigenvalue weighted by molar-refractivity contribution is -0.135. The SMILES string of the molecule is CC[C@H](C)[C@@H](C(=O)Nc1nc(C(=O)OC)cs1)N1C(=O)N[C@H](c2ccc(OCCOC)cc2)C1=O. The lowest BCUT2D eigenvalue weighted by atomic mass is 9.96. The highest BCUT2D eigenvalue weighted by Crippen LogP contribution is 2.29. The van der Waals surface area contributed by atoms with Gasteiger partial charge in [-0.05, 0) is 23.6 Å². The summed E-state index contributed by atoms with van der Waals surface area (Å²) in [6.07, 6.45) is 0.540. The fraction of sp³-hybridized carbons (Fsp3) is 0.435. The molecule has 0 radical (unpaired) electrons.